The molecule has 0 aromatic carbocycles. The lowest BCUT2D eigenvalue weighted by Crippen LogP contribution is -2.30. The molecule has 18 heavy (non-hydrogen) atoms. The number of ether oxygens (including phenoxy) is 1. The summed E-state index contributed by atoms with van der Waals surface area (Å²) >= 11 is 0. The van der Waals surface area contributed by atoms with E-state index in [1.807, 2.05) is 6.92 Å². The quantitative estimate of drug-likeness (QED) is 0.838. The fourth-order valence-electron chi connectivity index (χ4n) is 1.58. The van der Waals surface area contributed by atoms with Crippen molar-refractivity contribution < 1.29 is 14.6 Å². The molecule has 100 valence electrons. The van der Waals surface area contributed by atoms with E-state index in [4.69, 9.17) is 4.74 Å². The molecule has 1 N–H and O–H groups in total. The number of rotatable bonds is 3. The molecule has 1 heterocycles. The van der Waals surface area contributed by atoms with Crippen molar-refractivity contribution in [2.45, 2.75) is 46.3 Å². The number of aliphatic hydroxyl groups is 1. The van der Waals surface area contributed by atoms with Gasteiger partial charge in [0.15, 0.2) is 0 Å². The third-order valence-electron chi connectivity index (χ3n) is 2.65. The highest BCUT2D eigenvalue weighted by molar-refractivity contribution is 5.73. The second-order valence-corrected chi connectivity index (χ2v) is 5.50. The zero-order valence-electron chi connectivity index (χ0n) is 11.6. The zero-order chi connectivity index (χ0) is 13.9. The number of esters is 1. The largest absolute Gasteiger partial charge is 0.460 e. The molecule has 0 aliphatic rings. The molecule has 4 nitrogen and oxygen atoms in total. The molecule has 2 atom stereocenters. The number of nitrogens with zero attached hydrogens (tertiary/aromatic N) is 1. The summed E-state index contributed by atoms with van der Waals surface area (Å²) in [4.78, 5) is 15.9. The maximum atomic E-state index is 11.9. The Morgan fingerprint density at radius 2 is 2.06 bits per heavy atom. The van der Waals surface area contributed by atoms with Gasteiger partial charge in [0.1, 0.15) is 5.60 Å². The summed E-state index contributed by atoms with van der Waals surface area (Å²) in [6.45, 7) is 8.95. The topological polar surface area (TPSA) is 59.4 Å². The van der Waals surface area contributed by atoms with E-state index >= 15 is 0 Å². The molecule has 1 aromatic heterocycles. The molecule has 0 aliphatic carbocycles. The smallest absolute Gasteiger partial charge is 0.312 e. The molecule has 0 bridgehead atoms. The van der Waals surface area contributed by atoms with E-state index in [0.29, 0.717) is 5.56 Å². The maximum absolute atomic E-state index is 11.9. The Hall–Kier alpha value is -1.42. The third kappa shape index (κ3) is 3.81. The average Bonchev–Trinajstić information content (AvgIpc) is 2.25. The van der Waals surface area contributed by atoms with E-state index in [1.165, 1.54) is 0 Å². The minimum absolute atomic E-state index is 0.404. The molecule has 0 spiro atoms. The molecule has 1 rings (SSSR count). The van der Waals surface area contributed by atoms with Crippen LogP contribution in [0.2, 0.25) is 0 Å². The van der Waals surface area contributed by atoms with Crippen LogP contribution in [0.25, 0.3) is 0 Å². The summed E-state index contributed by atoms with van der Waals surface area (Å²) in [7, 11) is 0. The second-order valence-electron chi connectivity index (χ2n) is 5.50. The minimum Gasteiger partial charge on any atom is -0.460 e. The predicted molar refractivity (Wildman–Crippen MR) is 68.9 cm³/mol. The second kappa shape index (κ2) is 5.48. The molecule has 2 unspecified atom stereocenters. The number of hydrogen-bond donors (Lipinski definition) is 1. The van der Waals surface area contributed by atoms with Crippen molar-refractivity contribution >= 4 is 5.97 Å². The number of aliphatic hydroxyl groups excluding tert-OH is 1. The lowest BCUT2D eigenvalue weighted by atomic mass is 9.95. The molecule has 4 heteroatoms. The van der Waals surface area contributed by atoms with Crippen molar-refractivity contribution in [3.8, 4) is 0 Å². The molecular formula is C14H21NO3. The number of aromatic nitrogens is 1. The first-order chi connectivity index (χ1) is 8.22. The van der Waals surface area contributed by atoms with Gasteiger partial charge in [-0.15, -0.1) is 0 Å². The van der Waals surface area contributed by atoms with Gasteiger partial charge in [0.25, 0.3) is 0 Å². The summed E-state index contributed by atoms with van der Waals surface area (Å²) in [6.07, 6.45) is 2.35. The van der Waals surface area contributed by atoms with E-state index < -0.39 is 23.6 Å². The number of hydrogen-bond acceptors (Lipinski definition) is 4. The van der Waals surface area contributed by atoms with Gasteiger partial charge in [-0.25, -0.2) is 0 Å². The Morgan fingerprint density at radius 1 is 1.44 bits per heavy atom. The van der Waals surface area contributed by atoms with Gasteiger partial charge in [0.05, 0.1) is 12.0 Å². The van der Waals surface area contributed by atoms with E-state index in [1.54, 1.807) is 46.2 Å². The lowest BCUT2D eigenvalue weighted by molar-refractivity contribution is -0.163. The van der Waals surface area contributed by atoms with Gasteiger partial charge in [-0.3, -0.25) is 9.78 Å². The van der Waals surface area contributed by atoms with E-state index in [-0.39, 0.29) is 0 Å². The van der Waals surface area contributed by atoms with Crippen LogP contribution in [0.1, 0.15) is 44.9 Å². The first-order valence-corrected chi connectivity index (χ1v) is 6.04. The SMILES string of the molecule is Cc1ccncc1C(O)C(C)C(=O)OC(C)(C)C. The number of aryl methyl sites for hydroxylation is 1. The lowest BCUT2D eigenvalue weighted by Gasteiger charge is -2.25. The highest BCUT2D eigenvalue weighted by Crippen LogP contribution is 2.26. The highest BCUT2D eigenvalue weighted by atomic mass is 16.6. The Labute approximate surface area is 108 Å². The van der Waals surface area contributed by atoms with Crippen LogP contribution in [0.5, 0.6) is 0 Å². The zero-order valence-corrected chi connectivity index (χ0v) is 11.6. The van der Waals surface area contributed by atoms with Crippen molar-refractivity contribution in [1.29, 1.82) is 0 Å². The molecule has 1 aromatic rings. The summed E-state index contributed by atoms with van der Waals surface area (Å²) in [5, 5.41) is 10.2. The van der Waals surface area contributed by atoms with Gasteiger partial charge in [-0.1, -0.05) is 0 Å². The molecule has 0 fully saturated rings. The van der Waals surface area contributed by atoms with Crippen molar-refractivity contribution in [2.24, 2.45) is 5.92 Å². The van der Waals surface area contributed by atoms with Crippen LogP contribution in [0.4, 0.5) is 0 Å². The minimum atomic E-state index is -0.895. The Morgan fingerprint density at radius 3 is 2.56 bits per heavy atom. The standard InChI is InChI=1S/C14H21NO3/c1-9-6-7-15-8-11(9)12(16)10(2)13(17)18-14(3,4)5/h6-8,10,12,16H,1-5H3. The summed E-state index contributed by atoms with van der Waals surface area (Å²) in [5.74, 6) is -1.02. The normalized spacial score (nSPS) is 15.0. The van der Waals surface area contributed by atoms with Crippen LogP contribution in [-0.4, -0.2) is 21.7 Å². The number of carbonyl (C=O) groups excluding carboxylic acids is 1. The molecule has 0 amide bonds. The fourth-order valence-corrected chi connectivity index (χ4v) is 1.58. The van der Waals surface area contributed by atoms with E-state index in [2.05, 4.69) is 4.98 Å². The van der Waals surface area contributed by atoms with Crippen molar-refractivity contribution in [3.05, 3.63) is 29.6 Å². The summed E-state index contributed by atoms with van der Waals surface area (Å²) in [5.41, 5.74) is 1.03. The van der Waals surface area contributed by atoms with Crippen LogP contribution < -0.4 is 0 Å². The average molecular weight is 251 g/mol. The van der Waals surface area contributed by atoms with Gasteiger partial charge in [0.2, 0.25) is 0 Å². The van der Waals surface area contributed by atoms with Crippen molar-refractivity contribution in [1.82, 2.24) is 4.98 Å². The van der Waals surface area contributed by atoms with Gasteiger partial charge in [-0.2, -0.15) is 0 Å². The van der Waals surface area contributed by atoms with E-state index in [0.717, 1.165) is 5.56 Å². The third-order valence-corrected chi connectivity index (χ3v) is 2.65. The van der Waals surface area contributed by atoms with Crippen molar-refractivity contribution in [3.63, 3.8) is 0 Å². The molecular weight excluding hydrogens is 230 g/mol. The van der Waals surface area contributed by atoms with Gasteiger partial charge < -0.3 is 9.84 Å². The predicted octanol–water partition coefficient (Wildman–Crippen LogP) is 2.40. The molecule has 0 aliphatic heterocycles. The first-order valence-electron chi connectivity index (χ1n) is 6.04. The maximum Gasteiger partial charge on any atom is 0.312 e. The number of pyridine rings is 1. The van der Waals surface area contributed by atoms with Gasteiger partial charge in [-0.05, 0) is 46.2 Å². The van der Waals surface area contributed by atoms with Crippen LogP contribution in [0, 0.1) is 12.8 Å². The Balaban J connectivity index is 2.82. The highest BCUT2D eigenvalue weighted by Gasteiger charge is 2.29. The van der Waals surface area contributed by atoms with E-state index in [9.17, 15) is 9.90 Å². The Bertz CT molecular complexity index is 423. The summed E-state index contributed by atoms with van der Waals surface area (Å²) in [6, 6.07) is 1.81. The van der Waals surface area contributed by atoms with Crippen LogP contribution in [0.3, 0.4) is 0 Å². The van der Waals surface area contributed by atoms with Crippen LogP contribution in [0.15, 0.2) is 18.5 Å². The van der Waals surface area contributed by atoms with Crippen molar-refractivity contribution in [2.75, 3.05) is 0 Å². The van der Waals surface area contributed by atoms with Crippen LogP contribution in [-0.2, 0) is 9.53 Å². The summed E-state index contributed by atoms with van der Waals surface area (Å²) < 4.78 is 5.26. The molecule has 0 saturated heterocycles. The first kappa shape index (κ1) is 14.6. The monoisotopic (exact) mass is 251 g/mol. The van der Waals surface area contributed by atoms with Crippen LogP contribution >= 0.6 is 0 Å². The Kier molecular flexibility index (Phi) is 4.46. The molecule has 0 saturated carbocycles. The molecule has 0 radical (unpaired) electrons. The van der Waals surface area contributed by atoms with Gasteiger partial charge in [0, 0.05) is 18.0 Å². The number of carbonyl (C=O) groups is 1. The van der Waals surface area contributed by atoms with Gasteiger partial charge >= 0.3 is 5.97 Å². The fraction of sp³-hybridized carbons (Fsp3) is 0.571.